The lowest BCUT2D eigenvalue weighted by Gasteiger charge is -2.31. The Morgan fingerprint density at radius 2 is 1.81 bits per heavy atom. The molecule has 1 aliphatic rings. The lowest BCUT2D eigenvalue weighted by atomic mass is 9.81. The molecule has 0 radical (unpaired) electrons. The number of rotatable bonds is 16. The Bertz CT molecular complexity index is 1760. The van der Waals surface area contributed by atoms with Crippen molar-refractivity contribution in [2.45, 2.75) is 37.5 Å². The molecule has 1 aliphatic heterocycles. The van der Waals surface area contributed by atoms with Gasteiger partial charge in [-0.3, -0.25) is 10.2 Å². The van der Waals surface area contributed by atoms with Crippen molar-refractivity contribution in [1.29, 1.82) is 0 Å². The van der Waals surface area contributed by atoms with Crippen LogP contribution in [0.3, 0.4) is 0 Å². The van der Waals surface area contributed by atoms with Crippen molar-refractivity contribution in [3.8, 4) is 11.5 Å². The van der Waals surface area contributed by atoms with Gasteiger partial charge in [0.1, 0.15) is 11.5 Å². The summed E-state index contributed by atoms with van der Waals surface area (Å²) >= 11 is 3.46. The van der Waals surface area contributed by atoms with Gasteiger partial charge in [-0.25, -0.2) is 10.4 Å². The van der Waals surface area contributed by atoms with Gasteiger partial charge in [0.2, 0.25) is 5.90 Å². The van der Waals surface area contributed by atoms with Crippen LogP contribution >= 0.6 is 15.9 Å². The molecular formula is C36H37BrN6O5. The Labute approximate surface area is 287 Å². The molecule has 0 unspecified atom stereocenters. The number of hydrogen-bond acceptors (Lipinski definition) is 8. The van der Waals surface area contributed by atoms with Crippen LogP contribution in [0.15, 0.2) is 112 Å². The van der Waals surface area contributed by atoms with Crippen molar-refractivity contribution in [3.63, 3.8) is 0 Å². The number of amides is 1. The lowest BCUT2D eigenvalue weighted by molar-refractivity contribution is -0.130. The molecule has 0 aromatic heterocycles. The molecule has 248 valence electrons. The second-order valence-electron chi connectivity index (χ2n) is 11.2. The maximum Gasteiger partial charge on any atom is 0.266 e. The number of nitrogens with zero attached hydrogens (tertiary/aromatic N) is 4. The molecule has 0 saturated heterocycles. The highest BCUT2D eigenvalue weighted by atomic mass is 79.9. The van der Waals surface area contributed by atoms with Crippen LogP contribution in [0.2, 0.25) is 0 Å². The first kappa shape index (κ1) is 34.5. The first-order chi connectivity index (χ1) is 23.5. The van der Waals surface area contributed by atoms with Crippen molar-refractivity contribution in [3.05, 3.63) is 140 Å². The third-order valence-electron chi connectivity index (χ3n) is 7.96. The van der Waals surface area contributed by atoms with Crippen molar-refractivity contribution < 1.29 is 24.1 Å². The first-order valence-corrected chi connectivity index (χ1v) is 16.3. The minimum atomic E-state index is -1.48. The number of carbonyl (C=O) groups excluding carboxylic acids is 1. The van der Waals surface area contributed by atoms with Gasteiger partial charge in [-0.1, -0.05) is 69.6 Å². The molecule has 0 bridgehead atoms. The van der Waals surface area contributed by atoms with Crippen LogP contribution < -0.4 is 20.3 Å². The van der Waals surface area contributed by atoms with Crippen LogP contribution in [-0.2, 0) is 28.9 Å². The summed E-state index contributed by atoms with van der Waals surface area (Å²) in [6, 6.07) is 30.2. The monoisotopic (exact) mass is 712 g/mol. The standard InChI is InChI=1S/C36H37BrN6O5/c1-46-32-9-4-8-27(22-32)33-36(23-28-6-2-3-7-29(28)24-40-43-38,35(45)42-39-19-18-25-10-14-30(37)15-11-25)41-34(48-33)26-12-16-31(17-13-26)47-21-5-20-44/h2-4,6-17,22,33,39,44H,5,18-21,23-24H2,1H3,(H,42,45)/t33-,36-/m0/s1. The van der Waals surface area contributed by atoms with E-state index in [0.717, 1.165) is 21.2 Å². The van der Waals surface area contributed by atoms with Crippen LogP contribution in [0.25, 0.3) is 10.4 Å². The number of benzene rings is 4. The van der Waals surface area contributed by atoms with E-state index >= 15 is 0 Å². The van der Waals surface area contributed by atoms with E-state index < -0.39 is 11.6 Å². The number of ether oxygens (including phenoxy) is 3. The number of aliphatic hydroxyl groups excluding tert-OH is 1. The first-order valence-electron chi connectivity index (χ1n) is 15.6. The summed E-state index contributed by atoms with van der Waals surface area (Å²) in [5, 5.41) is 12.9. The Kier molecular flexibility index (Phi) is 12.1. The highest BCUT2D eigenvalue weighted by Gasteiger charge is 2.53. The van der Waals surface area contributed by atoms with E-state index in [2.05, 4.69) is 36.8 Å². The van der Waals surface area contributed by atoms with Crippen LogP contribution in [0.4, 0.5) is 0 Å². The maximum absolute atomic E-state index is 14.5. The summed E-state index contributed by atoms with van der Waals surface area (Å²) in [7, 11) is 1.59. The van der Waals surface area contributed by atoms with Gasteiger partial charge in [0, 0.05) is 40.9 Å². The van der Waals surface area contributed by atoms with Gasteiger partial charge in [-0.05, 0) is 82.7 Å². The van der Waals surface area contributed by atoms with Crippen molar-refractivity contribution in [1.82, 2.24) is 10.9 Å². The molecule has 1 amide bonds. The van der Waals surface area contributed by atoms with Gasteiger partial charge in [-0.2, -0.15) is 0 Å². The summed E-state index contributed by atoms with van der Waals surface area (Å²) in [6.45, 7) is 1.03. The molecule has 0 saturated carbocycles. The Hall–Kier alpha value is -4.87. The van der Waals surface area contributed by atoms with E-state index in [0.29, 0.717) is 54.5 Å². The third kappa shape index (κ3) is 8.53. The average molecular weight is 714 g/mol. The van der Waals surface area contributed by atoms with Crippen molar-refractivity contribution in [2.24, 2.45) is 10.1 Å². The number of methoxy groups -OCH3 is 1. The summed E-state index contributed by atoms with van der Waals surface area (Å²) in [5.74, 6) is 1.16. The van der Waals surface area contributed by atoms with Crippen molar-refractivity contribution >= 4 is 27.7 Å². The van der Waals surface area contributed by atoms with E-state index in [4.69, 9.17) is 29.8 Å². The molecule has 11 nitrogen and oxygen atoms in total. The van der Waals surface area contributed by atoms with Gasteiger partial charge in [0.15, 0.2) is 11.6 Å². The molecule has 4 aromatic rings. The number of azide groups is 1. The molecule has 12 heteroatoms. The van der Waals surface area contributed by atoms with Crippen LogP contribution in [0.5, 0.6) is 11.5 Å². The fourth-order valence-electron chi connectivity index (χ4n) is 5.48. The predicted molar refractivity (Wildman–Crippen MR) is 187 cm³/mol. The number of nitrogens with one attached hydrogen (secondary N) is 2. The Morgan fingerprint density at radius 3 is 2.54 bits per heavy atom. The number of halogens is 1. The Balaban J connectivity index is 1.53. The molecule has 4 aromatic carbocycles. The van der Waals surface area contributed by atoms with E-state index in [1.165, 1.54) is 0 Å². The Morgan fingerprint density at radius 1 is 1.04 bits per heavy atom. The second kappa shape index (κ2) is 16.8. The molecular weight excluding hydrogens is 676 g/mol. The van der Waals surface area contributed by atoms with Gasteiger partial charge < -0.3 is 19.3 Å². The van der Waals surface area contributed by atoms with Crippen LogP contribution in [-0.4, -0.2) is 49.3 Å². The number of aliphatic imine (C=N–C) groups is 1. The molecule has 48 heavy (non-hydrogen) atoms. The average Bonchev–Trinajstić information content (AvgIpc) is 3.51. The zero-order valence-corrected chi connectivity index (χ0v) is 28.1. The summed E-state index contributed by atoms with van der Waals surface area (Å²) < 4.78 is 18.9. The third-order valence-corrected chi connectivity index (χ3v) is 8.49. The summed E-state index contributed by atoms with van der Waals surface area (Å²) in [4.78, 5) is 22.6. The quantitative estimate of drug-likeness (QED) is 0.0403. The van der Waals surface area contributed by atoms with Gasteiger partial charge >= 0.3 is 0 Å². The minimum Gasteiger partial charge on any atom is -0.497 e. The fraction of sp³-hybridized carbons (Fsp3) is 0.278. The second-order valence-corrected chi connectivity index (χ2v) is 12.1. The molecule has 0 spiro atoms. The maximum atomic E-state index is 14.5. The summed E-state index contributed by atoms with van der Waals surface area (Å²) in [5.41, 5.74) is 17.7. The number of carbonyl (C=O) groups is 1. The van der Waals surface area contributed by atoms with E-state index in [1.807, 2.05) is 84.9 Å². The SMILES string of the molecule is COc1cccc([C@@H]2OC(c3ccc(OCCCO)cc3)=N[C@]2(Cc2ccccc2CN=[N+]=[N-])C(=O)NNCCc2ccc(Br)cc2)c1. The zero-order valence-electron chi connectivity index (χ0n) is 26.5. The summed E-state index contributed by atoms with van der Waals surface area (Å²) in [6.07, 6.45) is 0.518. The largest absolute Gasteiger partial charge is 0.497 e. The molecule has 0 fully saturated rings. The van der Waals surface area contributed by atoms with Crippen LogP contribution in [0, 0.1) is 0 Å². The zero-order chi connectivity index (χ0) is 33.8. The van der Waals surface area contributed by atoms with Gasteiger partial charge in [0.05, 0.1) is 20.3 Å². The van der Waals surface area contributed by atoms with Gasteiger partial charge in [0.25, 0.3) is 5.91 Å². The number of hydrazine groups is 1. The minimum absolute atomic E-state index is 0.0453. The fourth-order valence-corrected chi connectivity index (χ4v) is 5.74. The smallest absolute Gasteiger partial charge is 0.266 e. The molecule has 3 N–H and O–H groups in total. The topological polar surface area (TPSA) is 150 Å². The molecule has 1 heterocycles. The van der Waals surface area contributed by atoms with E-state index in [9.17, 15) is 4.79 Å². The molecule has 0 aliphatic carbocycles. The van der Waals surface area contributed by atoms with E-state index in [-0.39, 0.29) is 25.5 Å². The molecule has 2 atom stereocenters. The normalized spacial score (nSPS) is 16.7. The van der Waals surface area contributed by atoms with Crippen molar-refractivity contribution in [2.75, 3.05) is 26.9 Å². The van der Waals surface area contributed by atoms with Crippen LogP contribution in [0.1, 0.15) is 40.3 Å². The van der Waals surface area contributed by atoms with Gasteiger partial charge in [-0.15, -0.1) is 0 Å². The predicted octanol–water partition coefficient (Wildman–Crippen LogP) is 6.39. The highest BCUT2D eigenvalue weighted by molar-refractivity contribution is 9.10. The lowest BCUT2D eigenvalue weighted by Crippen LogP contribution is -2.54. The number of hydrogen-bond donors (Lipinski definition) is 3. The number of aliphatic hydroxyl groups is 1. The van der Waals surface area contributed by atoms with E-state index in [1.54, 1.807) is 19.2 Å². The molecule has 5 rings (SSSR count). The highest BCUT2D eigenvalue weighted by Crippen LogP contribution is 2.43.